The number of anilines is 1. The summed E-state index contributed by atoms with van der Waals surface area (Å²) in [4.78, 5) is 26.6. The summed E-state index contributed by atoms with van der Waals surface area (Å²) >= 11 is 0. The van der Waals surface area contributed by atoms with E-state index in [1.54, 1.807) is 10.6 Å². The van der Waals surface area contributed by atoms with Gasteiger partial charge in [-0.3, -0.25) is 9.36 Å². The Hall–Kier alpha value is -3.61. The van der Waals surface area contributed by atoms with Crippen molar-refractivity contribution in [3.63, 3.8) is 0 Å². The predicted molar refractivity (Wildman–Crippen MR) is 124 cm³/mol. The van der Waals surface area contributed by atoms with Crippen LogP contribution in [0, 0.1) is 19.7 Å². The molecule has 1 atom stereocenters. The Bertz CT molecular complexity index is 1300. The Kier molecular flexibility index (Phi) is 6.25. The van der Waals surface area contributed by atoms with Crippen LogP contribution in [0.3, 0.4) is 0 Å². The standard InChI is InChI=1S/C25H26FN5O/c1-16(8-9-19-10-12-20(26)13-11-19)27-24-14-21(28-17(2)29-24)15-31-18(3)30-23-7-5-4-6-22(23)25(31)32/h4-7,10-14,16H,8-9,15H2,1-3H3,(H,27,28,29)/t16-/m0/s1. The minimum Gasteiger partial charge on any atom is -0.367 e. The highest BCUT2D eigenvalue weighted by Crippen LogP contribution is 2.14. The van der Waals surface area contributed by atoms with Gasteiger partial charge in [0.05, 0.1) is 23.1 Å². The topological polar surface area (TPSA) is 72.7 Å². The Morgan fingerprint density at radius 2 is 1.78 bits per heavy atom. The first-order valence-corrected chi connectivity index (χ1v) is 10.7. The summed E-state index contributed by atoms with van der Waals surface area (Å²) < 4.78 is 14.7. The lowest BCUT2D eigenvalue weighted by molar-refractivity contribution is 0.626. The minimum absolute atomic E-state index is 0.0773. The van der Waals surface area contributed by atoms with Gasteiger partial charge in [0.15, 0.2) is 0 Å². The van der Waals surface area contributed by atoms with Gasteiger partial charge in [0.1, 0.15) is 23.3 Å². The summed E-state index contributed by atoms with van der Waals surface area (Å²) in [6, 6.07) is 16.0. The van der Waals surface area contributed by atoms with Gasteiger partial charge in [0.25, 0.3) is 5.56 Å². The Morgan fingerprint density at radius 3 is 2.56 bits per heavy atom. The molecule has 2 aromatic carbocycles. The van der Waals surface area contributed by atoms with E-state index in [-0.39, 0.29) is 17.4 Å². The van der Waals surface area contributed by atoms with Crippen molar-refractivity contribution in [2.24, 2.45) is 0 Å². The van der Waals surface area contributed by atoms with E-state index in [9.17, 15) is 9.18 Å². The van der Waals surface area contributed by atoms with Crippen LogP contribution in [0.15, 0.2) is 59.4 Å². The Labute approximate surface area is 186 Å². The molecule has 0 saturated carbocycles. The number of hydrogen-bond acceptors (Lipinski definition) is 5. The SMILES string of the molecule is Cc1nc(Cn2c(C)nc3ccccc3c2=O)cc(N[C@@H](C)CCc2ccc(F)cc2)n1. The van der Waals surface area contributed by atoms with Crippen LogP contribution in [-0.4, -0.2) is 25.6 Å². The molecule has 0 amide bonds. The fourth-order valence-electron chi connectivity index (χ4n) is 3.77. The summed E-state index contributed by atoms with van der Waals surface area (Å²) in [5.41, 5.74) is 2.46. The average Bonchev–Trinajstić information content (AvgIpc) is 2.76. The number of halogens is 1. The average molecular weight is 432 g/mol. The lowest BCUT2D eigenvalue weighted by Crippen LogP contribution is -2.25. The van der Waals surface area contributed by atoms with Crippen LogP contribution >= 0.6 is 0 Å². The highest BCUT2D eigenvalue weighted by atomic mass is 19.1. The van der Waals surface area contributed by atoms with Gasteiger partial charge < -0.3 is 5.32 Å². The van der Waals surface area contributed by atoms with Gasteiger partial charge >= 0.3 is 0 Å². The lowest BCUT2D eigenvalue weighted by Gasteiger charge is -2.16. The molecule has 0 spiro atoms. The number of fused-ring (bicyclic) bond motifs is 1. The molecular weight excluding hydrogens is 405 g/mol. The maximum Gasteiger partial charge on any atom is 0.261 e. The second-order valence-electron chi connectivity index (χ2n) is 8.07. The Balaban J connectivity index is 1.50. The molecule has 0 aliphatic rings. The van der Waals surface area contributed by atoms with E-state index in [1.165, 1.54) is 12.1 Å². The van der Waals surface area contributed by atoms with Crippen molar-refractivity contribution in [1.82, 2.24) is 19.5 Å². The molecule has 6 nitrogen and oxygen atoms in total. The van der Waals surface area contributed by atoms with Crippen LogP contribution in [0.4, 0.5) is 10.2 Å². The van der Waals surface area contributed by atoms with E-state index >= 15 is 0 Å². The normalized spacial score (nSPS) is 12.1. The quantitative estimate of drug-likeness (QED) is 0.469. The van der Waals surface area contributed by atoms with E-state index in [2.05, 4.69) is 27.2 Å². The molecule has 164 valence electrons. The van der Waals surface area contributed by atoms with Crippen molar-refractivity contribution < 1.29 is 4.39 Å². The number of aryl methyl sites for hydroxylation is 3. The molecule has 2 aromatic heterocycles. The number of benzene rings is 2. The van der Waals surface area contributed by atoms with E-state index in [1.807, 2.05) is 50.2 Å². The molecule has 1 N–H and O–H groups in total. The number of aromatic nitrogens is 4. The zero-order valence-corrected chi connectivity index (χ0v) is 18.5. The van der Waals surface area contributed by atoms with Crippen LogP contribution in [0.25, 0.3) is 10.9 Å². The van der Waals surface area contributed by atoms with Gasteiger partial charge in [-0.1, -0.05) is 24.3 Å². The summed E-state index contributed by atoms with van der Waals surface area (Å²) in [5, 5.41) is 4.02. The third-order valence-corrected chi connectivity index (χ3v) is 5.44. The molecule has 0 radical (unpaired) electrons. The molecule has 0 bridgehead atoms. The third kappa shape index (κ3) is 4.99. The molecule has 0 saturated heterocycles. The van der Waals surface area contributed by atoms with Crippen LogP contribution in [0.5, 0.6) is 0 Å². The van der Waals surface area contributed by atoms with Crippen LogP contribution in [0.2, 0.25) is 0 Å². The fourth-order valence-corrected chi connectivity index (χ4v) is 3.77. The second kappa shape index (κ2) is 9.26. The lowest BCUT2D eigenvalue weighted by atomic mass is 10.1. The monoisotopic (exact) mass is 431 g/mol. The first-order valence-electron chi connectivity index (χ1n) is 10.7. The van der Waals surface area contributed by atoms with Crippen molar-refractivity contribution in [2.75, 3.05) is 5.32 Å². The first kappa shape index (κ1) is 21.6. The van der Waals surface area contributed by atoms with Crippen molar-refractivity contribution in [3.05, 3.63) is 93.7 Å². The van der Waals surface area contributed by atoms with Gasteiger partial charge in [-0.25, -0.2) is 19.3 Å². The van der Waals surface area contributed by atoms with Crippen molar-refractivity contribution in [2.45, 2.75) is 46.2 Å². The summed E-state index contributed by atoms with van der Waals surface area (Å²) in [5.74, 6) is 1.78. The molecule has 4 aromatic rings. The highest BCUT2D eigenvalue weighted by Gasteiger charge is 2.11. The number of rotatable bonds is 7. The minimum atomic E-state index is -0.222. The zero-order chi connectivity index (χ0) is 22.7. The van der Waals surface area contributed by atoms with Crippen LogP contribution in [-0.2, 0) is 13.0 Å². The fraction of sp³-hybridized carbons (Fsp3) is 0.280. The van der Waals surface area contributed by atoms with E-state index < -0.39 is 0 Å². The van der Waals surface area contributed by atoms with Crippen LogP contribution < -0.4 is 10.9 Å². The molecule has 0 fully saturated rings. The zero-order valence-electron chi connectivity index (χ0n) is 18.5. The second-order valence-corrected chi connectivity index (χ2v) is 8.07. The number of nitrogens with zero attached hydrogens (tertiary/aromatic N) is 4. The van der Waals surface area contributed by atoms with E-state index in [4.69, 9.17) is 0 Å². The number of hydrogen-bond donors (Lipinski definition) is 1. The third-order valence-electron chi connectivity index (χ3n) is 5.44. The summed E-state index contributed by atoms with van der Waals surface area (Å²) in [6.45, 7) is 6.08. The molecule has 7 heteroatoms. The highest BCUT2D eigenvalue weighted by molar-refractivity contribution is 5.77. The predicted octanol–water partition coefficient (Wildman–Crippen LogP) is 4.42. The van der Waals surface area contributed by atoms with Gasteiger partial charge in [-0.2, -0.15) is 0 Å². The van der Waals surface area contributed by atoms with Crippen molar-refractivity contribution in [1.29, 1.82) is 0 Å². The van der Waals surface area contributed by atoms with Crippen molar-refractivity contribution in [3.8, 4) is 0 Å². The summed E-state index contributed by atoms with van der Waals surface area (Å²) in [7, 11) is 0. The van der Waals surface area contributed by atoms with E-state index in [0.29, 0.717) is 29.1 Å². The van der Waals surface area contributed by atoms with Crippen LogP contribution in [0.1, 0.15) is 36.3 Å². The molecule has 0 aliphatic heterocycles. The van der Waals surface area contributed by atoms with Crippen molar-refractivity contribution >= 4 is 16.7 Å². The van der Waals surface area contributed by atoms with Gasteiger partial charge in [0.2, 0.25) is 0 Å². The van der Waals surface area contributed by atoms with E-state index in [0.717, 1.165) is 29.9 Å². The largest absolute Gasteiger partial charge is 0.367 e. The van der Waals surface area contributed by atoms with Gasteiger partial charge in [-0.15, -0.1) is 0 Å². The molecular formula is C25H26FN5O. The molecule has 32 heavy (non-hydrogen) atoms. The van der Waals surface area contributed by atoms with Gasteiger partial charge in [0, 0.05) is 12.1 Å². The first-order chi connectivity index (χ1) is 15.4. The summed E-state index contributed by atoms with van der Waals surface area (Å²) in [6.07, 6.45) is 1.71. The molecule has 0 unspecified atom stereocenters. The maximum absolute atomic E-state index is 13.1. The molecule has 4 rings (SSSR count). The molecule has 2 heterocycles. The maximum atomic E-state index is 13.1. The van der Waals surface area contributed by atoms with Gasteiger partial charge in [-0.05, 0) is 63.4 Å². The molecule has 0 aliphatic carbocycles. The number of para-hydroxylation sites is 1. The Morgan fingerprint density at radius 1 is 1.03 bits per heavy atom. The smallest absolute Gasteiger partial charge is 0.261 e. The number of nitrogens with one attached hydrogen (secondary N) is 1.